The number of aromatic nitrogens is 2. The third-order valence-corrected chi connectivity index (χ3v) is 12.8. The molecule has 338 valence electrons. The Morgan fingerprint density at radius 1 is 1.11 bits per heavy atom. The van der Waals surface area contributed by atoms with Crippen LogP contribution in [0.3, 0.4) is 0 Å². The van der Waals surface area contributed by atoms with E-state index in [1.54, 1.807) is 32.5 Å². The molecule has 2 saturated heterocycles. The number of benzene rings is 2. The third kappa shape index (κ3) is 9.47. The molecule has 2 aromatic carbocycles. The number of hydrazine groups is 1. The highest BCUT2D eigenvalue weighted by Gasteiger charge is 2.46. The van der Waals surface area contributed by atoms with Gasteiger partial charge in [0, 0.05) is 80.9 Å². The van der Waals surface area contributed by atoms with Crippen LogP contribution in [-0.4, -0.2) is 124 Å². The number of esters is 1. The monoisotopic (exact) mass is 865 g/mol. The molecule has 4 atom stereocenters. The van der Waals surface area contributed by atoms with Crippen molar-refractivity contribution >= 4 is 34.6 Å². The van der Waals surface area contributed by atoms with E-state index in [1.807, 2.05) is 59.1 Å². The van der Waals surface area contributed by atoms with E-state index >= 15 is 0 Å². The molecular formula is C48H63N7O8. The number of aryl methyl sites for hydroxylation is 1. The first-order valence-electron chi connectivity index (χ1n) is 22.1. The predicted molar refractivity (Wildman–Crippen MR) is 239 cm³/mol. The Kier molecular flexibility index (Phi) is 13.3. The van der Waals surface area contributed by atoms with Gasteiger partial charge in [-0.25, -0.2) is 4.79 Å². The van der Waals surface area contributed by atoms with Gasteiger partial charge in [-0.1, -0.05) is 39.8 Å². The van der Waals surface area contributed by atoms with Crippen molar-refractivity contribution in [3.8, 4) is 28.1 Å². The van der Waals surface area contributed by atoms with Crippen LogP contribution in [-0.2, 0) is 54.6 Å². The number of likely N-dealkylation sites (tertiary alicyclic amines) is 1. The van der Waals surface area contributed by atoms with E-state index in [9.17, 15) is 29.4 Å². The fourth-order valence-electron chi connectivity index (χ4n) is 9.71. The minimum absolute atomic E-state index is 0.0120. The summed E-state index contributed by atoms with van der Waals surface area (Å²) in [5, 5.41) is 28.2. The number of cyclic esters (lactones) is 1. The third-order valence-electron chi connectivity index (χ3n) is 12.8. The van der Waals surface area contributed by atoms with Crippen LogP contribution in [0.1, 0.15) is 70.6 Å². The molecule has 0 aliphatic carbocycles. The van der Waals surface area contributed by atoms with Crippen LogP contribution in [0.4, 0.5) is 0 Å². The van der Waals surface area contributed by atoms with Crippen LogP contribution in [0.15, 0.2) is 54.9 Å². The molecule has 2 fully saturated rings. The van der Waals surface area contributed by atoms with Crippen LogP contribution < -0.4 is 10.7 Å². The SMILES string of the molecule is CCn1c(-c2cnccc2COC)c2c3cc(ccc31)-c1cc(O)cc(c1)C[C@H](NC(=O)[C@H](C(C)C)N(C)C(=O)[C@H]1CCN(C)C1)C(=O)N1CCC[C@@](O)(N1)C(=O)OCC(C)(C)C2. The fourth-order valence-corrected chi connectivity index (χ4v) is 9.71. The van der Waals surface area contributed by atoms with E-state index < -0.39 is 41.0 Å². The first-order valence-corrected chi connectivity index (χ1v) is 22.1. The standard InChI is InChI=1S/C48H63N7O8/c1-9-54-40-12-11-31-23-36(40)37(42(54)38-25-49-16-13-33(38)27-62-8)24-47(4,5)28-63-46(60)48(61)15-10-17-55(51-48)45(59)39(21-30-19-34(31)22-35(56)20-30)50-43(57)41(29(2)3)53(7)44(58)32-14-18-52(6)26-32/h11-13,16,19-20,22-23,25,29,32,39,41,51,56,61H,9-10,14-15,17-18,21,24,26-28H2,1-8H3,(H,50,57)/t32-,39-,41-,48-/m0/s1. The lowest BCUT2D eigenvalue weighted by atomic mass is 9.84. The zero-order valence-electron chi connectivity index (χ0n) is 37.9. The maximum Gasteiger partial charge on any atom is 0.355 e. The highest BCUT2D eigenvalue weighted by Crippen LogP contribution is 2.41. The predicted octanol–water partition coefficient (Wildman–Crippen LogP) is 4.65. The van der Waals surface area contributed by atoms with Crippen LogP contribution in [0, 0.1) is 17.3 Å². The van der Waals surface area contributed by atoms with Crippen LogP contribution >= 0.6 is 0 Å². The minimum Gasteiger partial charge on any atom is -0.508 e. The molecule has 4 aromatic rings. The highest BCUT2D eigenvalue weighted by atomic mass is 16.6. The zero-order chi connectivity index (χ0) is 45.4. The van der Waals surface area contributed by atoms with E-state index in [4.69, 9.17) is 9.47 Å². The number of carbonyl (C=O) groups excluding carboxylic acids is 4. The van der Waals surface area contributed by atoms with E-state index in [0.717, 1.165) is 45.4 Å². The van der Waals surface area contributed by atoms with Gasteiger partial charge in [-0.2, -0.15) is 5.43 Å². The van der Waals surface area contributed by atoms with Crippen LogP contribution in [0.25, 0.3) is 33.3 Å². The Hall–Kier alpha value is -5.35. The lowest BCUT2D eigenvalue weighted by Gasteiger charge is -2.40. The molecule has 0 radical (unpaired) electrons. The molecule has 0 unspecified atom stereocenters. The number of pyridine rings is 1. The van der Waals surface area contributed by atoms with Gasteiger partial charge in [-0.3, -0.25) is 24.4 Å². The van der Waals surface area contributed by atoms with E-state index in [2.05, 4.69) is 44.3 Å². The number of aromatic hydroxyl groups is 1. The van der Waals surface area contributed by atoms with Crippen molar-refractivity contribution in [2.75, 3.05) is 47.4 Å². The normalized spacial score (nSPS) is 22.5. The smallest absolute Gasteiger partial charge is 0.355 e. The second kappa shape index (κ2) is 18.4. The van der Waals surface area contributed by atoms with Gasteiger partial charge in [0.15, 0.2) is 0 Å². The number of carbonyl (C=O) groups is 4. The maximum atomic E-state index is 14.7. The molecule has 3 amide bonds. The molecule has 0 saturated carbocycles. The second-order valence-electron chi connectivity index (χ2n) is 18.8. The topological polar surface area (TPSA) is 179 Å². The Balaban J connectivity index is 1.34. The lowest BCUT2D eigenvalue weighted by molar-refractivity contribution is -0.189. The van der Waals surface area contributed by atoms with Gasteiger partial charge in [0.05, 0.1) is 24.8 Å². The number of rotatable bonds is 9. The van der Waals surface area contributed by atoms with E-state index in [1.165, 1.54) is 9.91 Å². The number of likely N-dealkylation sites (N-methyl/N-ethyl adjacent to an activating group) is 1. The Labute approximate surface area is 369 Å². The van der Waals surface area contributed by atoms with Gasteiger partial charge in [0.25, 0.3) is 5.91 Å². The molecule has 4 N–H and O–H groups in total. The van der Waals surface area contributed by atoms with Gasteiger partial charge >= 0.3 is 5.97 Å². The van der Waals surface area contributed by atoms with E-state index in [-0.39, 0.29) is 55.9 Å². The minimum atomic E-state index is -2.23. The Morgan fingerprint density at radius 2 is 1.89 bits per heavy atom. The number of amides is 3. The summed E-state index contributed by atoms with van der Waals surface area (Å²) >= 11 is 0. The van der Waals surface area contributed by atoms with Gasteiger partial charge in [-0.15, -0.1) is 0 Å². The molecule has 7 rings (SSSR count). The summed E-state index contributed by atoms with van der Waals surface area (Å²) in [5.41, 5.74) is 6.83. The molecule has 3 aliphatic rings. The number of phenolic OH excluding ortho intramolecular Hbond substituents is 1. The number of fused-ring (bicyclic) bond motifs is 6. The fraction of sp³-hybridized carbons (Fsp3) is 0.521. The molecule has 0 spiro atoms. The van der Waals surface area contributed by atoms with Crippen molar-refractivity contribution in [1.82, 2.24) is 35.1 Å². The van der Waals surface area contributed by atoms with Crippen molar-refractivity contribution in [2.24, 2.45) is 17.3 Å². The van der Waals surface area contributed by atoms with Crippen molar-refractivity contribution in [3.05, 3.63) is 71.5 Å². The number of hydrogen-bond acceptors (Lipinski definition) is 11. The lowest BCUT2D eigenvalue weighted by Crippen LogP contribution is -2.67. The van der Waals surface area contributed by atoms with Gasteiger partial charge in [0.1, 0.15) is 17.8 Å². The molecule has 15 heteroatoms. The quantitative estimate of drug-likeness (QED) is 0.172. The molecule has 3 aliphatic heterocycles. The molecule has 15 nitrogen and oxygen atoms in total. The first kappa shape index (κ1) is 45.7. The van der Waals surface area contributed by atoms with Crippen LogP contribution in [0.5, 0.6) is 5.75 Å². The van der Waals surface area contributed by atoms with Gasteiger partial charge in [-0.05, 0) is 104 Å². The van der Waals surface area contributed by atoms with E-state index in [0.29, 0.717) is 43.7 Å². The molecule has 5 heterocycles. The summed E-state index contributed by atoms with van der Waals surface area (Å²) in [5.74, 6) is -2.74. The number of nitrogens with zero attached hydrogens (tertiary/aromatic N) is 5. The number of aliphatic hydroxyl groups is 1. The van der Waals surface area contributed by atoms with Crippen molar-refractivity contribution in [3.63, 3.8) is 0 Å². The number of hydrogen-bond donors (Lipinski definition) is 4. The number of ether oxygens (including phenoxy) is 2. The number of methoxy groups -OCH3 is 1. The summed E-state index contributed by atoms with van der Waals surface area (Å²) < 4.78 is 13.8. The highest BCUT2D eigenvalue weighted by molar-refractivity contribution is 5.96. The number of nitrogens with one attached hydrogen (secondary N) is 2. The van der Waals surface area contributed by atoms with Crippen molar-refractivity contribution in [2.45, 2.75) is 97.7 Å². The molecular weight excluding hydrogens is 803 g/mol. The summed E-state index contributed by atoms with van der Waals surface area (Å²) in [6.07, 6.45) is 4.97. The molecule has 6 bridgehead atoms. The maximum absolute atomic E-state index is 14.7. The van der Waals surface area contributed by atoms with Crippen molar-refractivity contribution in [1.29, 1.82) is 0 Å². The first-order chi connectivity index (χ1) is 29.9. The largest absolute Gasteiger partial charge is 0.508 e. The molecule has 63 heavy (non-hydrogen) atoms. The van der Waals surface area contributed by atoms with Gasteiger partial charge in [0.2, 0.25) is 17.5 Å². The summed E-state index contributed by atoms with van der Waals surface area (Å²) in [6.45, 7) is 12.3. The Morgan fingerprint density at radius 3 is 2.59 bits per heavy atom. The average Bonchev–Trinajstić information content (AvgIpc) is 3.81. The van der Waals surface area contributed by atoms with Gasteiger partial charge < -0.3 is 39.4 Å². The van der Waals surface area contributed by atoms with Crippen molar-refractivity contribution < 1.29 is 38.9 Å². The summed E-state index contributed by atoms with van der Waals surface area (Å²) in [4.78, 5) is 64.8. The summed E-state index contributed by atoms with van der Waals surface area (Å²) in [7, 11) is 5.25. The molecule has 2 aromatic heterocycles. The second-order valence-corrected chi connectivity index (χ2v) is 18.8. The van der Waals surface area contributed by atoms with Crippen LogP contribution in [0.2, 0.25) is 0 Å². The summed E-state index contributed by atoms with van der Waals surface area (Å²) in [6, 6.07) is 11.2. The number of phenols is 1. The average molecular weight is 866 g/mol. The Bertz CT molecular complexity index is 2380. The zero-order valence-corrected chi connectivity index (χ0v) is 37.9.